The third kappa shape index (κ3) is 5.25. The van der Waals surface area contributed by atoms with Crippen LogP contribution in [0.5, 0.6) is 0 Å². The number of morpholine rings is 1. The average molecular weight is 228 g/mol. The maximum Gasteiger partial charge on any atom is 0.239 e. The molecule has 0 saturated carbocycles. The van der Waals surface area contributed by atoms with E-state index in [1.807, 2.05) is 6.92 Å². The summed E-state index contributed by atoms with van der Waals surface area (Å²) >= 11 is 0. The van der Waals surface area contributed by atoms with Crippen molar-refractivity contribution in [3.63, 3.8) is 0 Å². The van der Waals surface area contributed by atoms with Crippen LogP contribution in [0, 0.1) is 0 Å². The fraction of sp³-hybridized carbons (Fsp3) is 0.727. The summed E-state index contributed by atoms with van der Waals surface area (Å²) in [4.78, 5) is 11.6. The van der Waals surface area contributed by atoms with Gasteiger partial charge in [0.1, 0.15) is 6.04 Å². The summed E-state index contributed by atoms with van der Waals surface area (Å²) < 4.78 is 10.5. The van der Waals surface area contributed by atoms with Gasteiger partial charge in [-0.1, -0.05) is 12.2 Å². The molecule has 1 rings (SSSR count). The average Bonchev–Trinajstić information content (AvgIpc) is 2.29. The van der Waals surface area contributed by atoms with Gasteiger partial charge < -0.3 is 20.1 Å². The Morgan fingerprint density at radius 2 is 2.50 bits per heavy atom. The van der Waals surface area contributed by atoms with Crippen molar-refractivity contribution in [2.24, 2.45) is 0 Å². The van der Waals surface area contributed by atoms with Gasteiger partial charge in [0.05, 0.1) is 26.4 Å². The van der Waals surface area contributed by atoms with E-state index < -0.39 is 0 Å². The van der Waals surface area contributed by atoms with Crippen LogP contribution in [0.25, 0.3) is 0 Å². The van der Waals surface area contributed by atoms with Gasteiger partial charge in [-0.05, 0) is 6.92 Å². The lowest BCUT2D eigenvalue weighted by molar-refractivity contribution is -0.126. The Hall–Kier alpha value is -0.910. The van der Waals surface area contributed by atoms with E-state index in [9.17, 15) is 4.79 Å². The van der Waals surface area contributed by atoms with Crippen LogP contribution in [0.15, 0.2) is 12.2 Å². The number of hydrogen-bond donors (Lipinski definition) is 2. The summed E-state index contributed by atoms with van der Waals surface area (Å²) in [5.41, 5.74) is 0.980. The molecule has 1 unspecified atom stereocenters. The van der Waals surface area contributed by atoms with Crippen molar-refractivity contribution >= 4 is 5.91 Å². The van der Waals surface area contributed by atoms with Gasteiger partial charge in [-0.25, -0.2) is 0 Å². The smallest absolute Gasteiger partial charge is 0.239 e. The Morgan fingerprint density at radius 3 is 3.12 bits per heavy atom. The topological polar surface area (TPSA) is 59.6 Å². The molecule has 1 aliphatic rings. The van der Waals surface area contributed by atoms with E-state index in [0.29, 0.717) is 33.0 Å². The van der Waals surface area contributed by atoms with E-state index in [4.69, 9.17) is 9.47 Å². The van der Waals surface area contributed by atoms with Gasteiger partial charge >= 0.3 is 0 Å². The first-order valence-corrected chi connectivity index (χ1v) is 5.51. The SMILES string of the molecule is C=C(C)COCCNC(=O)C1COCCN1. The van der Waals surface area contributed by atoms with Crippen molar-refractivity contribution in [2.75, 3.05) is 39.5 Å². The Balaban J connectivity index is 2.03. The molecule has 0 radical (unpaired) electrons. The summed E-state index contributed by atoms with van der Waals surface area (Å²) in [6.07, 6.45) is 0. The second-order valence-electron chi connectivity index (χ2n) is 3.88. The van der Waals surface area contributed by atoms with Crippen molar-refractivity contribution in [1.29, 1.82) is 0 Å². The molecule has 1 aliphatic heterocycles. The predicted molar refractivity (Wildman–Crippen MR) is 61.3 cm³/mol. The van der Waals surface area contributed by atoms with Gasteiger partial charge in [0.2, 0.25) is 5.91 Å². The number of amides is 1. The van der Waals surface area contributed by atoms with Gasteiger partial charge in [0.15, 0.2) is 0 Å². The molecule has 5 nitrogen and oxygen atoms in total. The van der Waals surface area contributed by atoms with Crippen molar-refractivity contribution < 1.29 is 14.3 Å². The van der Waals surface area contributed by atoms with Crippen LogP contribution < -0.4 is 10.6 Å². The third-order valence-corrected chi connectivity index (χ3v) is 2.13. The van der Waals surface area contributed by atoms with E-state index in [-0.39, 0.29) is 11.9 Å². The van der Waals surface area contributed by atoms with E-state index in [1.54, 1.807) is 0 Å². The lowest BCUT2D eigenvalue weighted by Gasteiger charge is -2.22. The maximum absolute atomic E-state index is 11.6. The number of ether oxygens (including phenoxy) is 2. The maximum atomic E-state index is 11.6. The molecule has 1 amide bonds. The molecule has 1 fully saturated rings. The fourth-order valence-electron chi connectivity index (χ4n) is 1.35. The lowest BCUT2D eigenvalue weighted by Crippen LogP contribution is -2.51. The Bertz CT molecular complexity index is 237. The minimum Gasteiger partial charge on any atom is -0.378 e. The van der Waals surface area contributed by atoms with Crippen LogP contribution in [-0.4, -0.2) is 51.5 Å². The van der Waals surface area contributed by atoms with E-state index in [2.05, 4.69) is 17.2 Å². The molecule has 2 N–H and O–H groups in total. The number of carbonyl (C=O) groups is 1. The minimum atomic E-state index is -0.227. The van der Waals surface area contributed by atoms with Gasteiger partial charge in [0.25, 0.3) is 0 Å². The van der Waals surface area contributed by atoms with Crippen molar-refractivity contribution in [3.8, 4) is 0 Å². The fourth-order valence-corrected chi connectivity index (χ4v) is 1.35. The van der Waals surface area contributed by atoms with Gasteiger partial charge in [0, 0.05) is 13.1 Å². The zero-order chi connectivity index (χ0) is 11.8. The number of hydrogen-bond acceptors (Lipinski definition) is 4. The molecule has 5 heteroatoms. The van der Waals surface area contributed by atoms with Crippen LogP contribution in [0.4, 0.5) is 0 Å². The minimum absolute atomic E-state index is 0.0291. The molecule has 16 heavy (non-hydrogen) atoms. The van der Waals surface area contributed by atoms with Gasteiger partial charge in [-0.2, -0.15) is 0 Å². The first kappa shape index (κ1) is 13.2. The third-order valence-electron chi connectivity index (χ3n) is 2.13. The quantitative estimate of drug-likeness (QED) is 0.483. The molecule has 1 heterocycles. The van der Waals surface area contributed by atoms with E-state index >= 15 is 0 Å². The Kier molecular flexibility index (Phi) is 6.07. The highest BCUT2D eigenvalue weighted by Crippen LogP contribution is 1.92. The zero-order valence-corrected chi connectivity index (χ0v) is 9.75. The molecular weight excluding hydrogens is 208 g/mol. The molecular formula is C11H20N2O3. The normalized spacial score (nSPS) is 20.4. The molecule has 0 aliphatic carbocycles. The van der Waals surface area contributed by atoms with Crippen LogP contribution >= 0.6 is 0 Å². The molecule has 1 atom stereocenters. The zero-order valence-electron chi connectivity index (χ0n) is 9.75. The molecule has 0 aromatic carbocycles. The number of rotatable bonds is 6. The predicted octanol–water partition coefficient (Wildman–Crippen LogP) is -0.316. The molecule has 0 bridgehead atoms. The van der Waals surface area contributed by atoms with Crippen molar-refractivity contribution in [3.05, 3.63) is 12.2 Å². The standard InChI is InChI=1S/C11H20N2O3/c1-9(2)7-15-6-4-13-11(14)10-8-16-5-3-12-10/h10,12H,1,3-8H2,2H3,(H,13,14). The monoisotopic (exact) mass is 228 g/mol. The largest absolute Gasteiger partial charge is 0.378 e. The Labute approximate surface area is 96.2 Å². The Morgan fingerprint density at radius 1 is 1.69 bits per heavy atom. The van der Waals surface area contributed by atoms with E-state index in [0.717, 1.165) is 12.1 Å². The first-order valence-electron chi connectivity index (χ1n) is 5.51. The van der Waals surface area contributed by atoms with Gasteiger partial charge in [-0.15, -0.1) is 0 Å². The second-order valence-corrected chi connectivity index (χ2v) is 3.88. The lowest BCUT2D eigenvalue weighted by atomic mass is 10.2. The number of nitrogens with one attached hydrogen (secondary N) is 2. The molecule has 0 aromatic heterocycles. The first-order chi connectivity index (χ1) is 7.70. The summed E-state index contributed by atoms with van der Waals surface area (Å²) in [6, 6.07) is -0.227. The van der Waals surface area contributed by atoms with Crippen LogP contribution in [0.2, 0.25) is 0 Å². The molecule has 0 aromatic rings. The molecule has 92 valence electrons. The van der Waals surface area contributed by atoms with E-state index in [1.165, 1.54) is 0 Å². The van der Waals surface area contributed by atoms with Crippen molar-refractivity contribution in [2.45, 2.75) is 13.0 Å². The summed E-state index contributed by atoms with van der Waals surface area (Å²) in [6.45, 7) is 9.04. The highest BCUT2D eigenvalue weighted by Gasteiger charge is 2.20. The summed E-state index contributed by atoms with van der Waals surface area (Å²) in [7, 11) is 0. The number of carbonyl (C=O) groups excluding carboxylic acids is 1. The highest BCUT2D eigenvalue weighted by molar-refractivity contribution is 5.81. The van der Waals surface area contributed by atoms with Crippen LogP contribution in [0.1, 0.15) is 6.92 Å². The molecule has 1 saturated heterocycles. The van der Waals surface area contributed by atoms with Crippen molar-refractivity contribution in [1.82, 2.24) is 10.6 Å². The van der Waals surface area contributed by atoms with Crippen LogP contribution in [-0.2, 0) is 14.3 Å². The van der Waals surface area contributed by atoms with Crippen LogP contribution in [0.3, 0.4) is 0 Å². The summed E-state index contributed by atoms with van der Waals surface area (Å²) in [5, 5.41) is 5.88. The van der Waals surface area contributed by atoms with Gasteiger partial charge in [-0.3, -0.25) is 4.79 Å². The second kappa shape index (κ2) is 7.38. The molecule has 0 spiro atoms. The highest BCUT2D eigenvalue weighted by atomic mass is 16.5. The summed E-state index contributed by atoms with van der Waals surface area (Å²) in [5.74, 6) is -0.0291.